The van der Waals surface area contributed by atoms with Crippen molar-refractivity contribution in [2.24, 2.45) is 0 Å². The minimum atomic E-state index is -0.519. The van der Waals surface area contributed by atoms with E-state index in [-0.39, 0.29) is 17.0 Å². The summed E-state index contributed by atoms with van der Waals surface area (Å²) in [6.45, 7) is 2.25. The summed E-state index contributed by atoms with van der Waals surface area (Å²) in [6.07, 6.45) is 0. The molecule has 0 aliphatic carbocycles. The third-order valence-corrected chi connectivity index (χ3v) is 5.71. The van der Waals surface area contributed by atoms with Crippen LogP contribution in [0.3, 0.4) is 0 Å². The molecular weight excluding hydrogens is 454 g/mol. The van der Waals surface area contributed by atoms with Crippen LogP contribution in [-0.4, -0.2) is 32.2 Å². The van der Waals surface area contributed by atoms with Crippen LogP contribution in [0.5, 0.6) is 5.75 Å². The van der Waals surface area contributed by atoms with Gasteiger partial charge in [-0.2, -0.15) is 4.98 Å². The molecule has 0 saturated carbocycles. The molecule has 0 fully saturated rings. The summed E-state index contributed by atoms with van der Waals surface area (Å²) in [5, 5.41) is 7.70. The number of rotatable bonds is 5. The number of aryl methyl sites for hydroxylation is 1. The second-order valence-corrected chi connectivity index (χ2v) is 8.30. The molecule has 0 bridgehead atoms. The van der Waals surface area contributed by atoms with Gasteiger partial charge in [-0.25, -0.2) is 4.52 Å². The van der Waals surface area contributed by atoms with Gasteiger partial charge in [0.15, 0.2) is 0 Å². The molecule has 34 heavy (non-hydrogen) atoms. The largest absolute Gasteiger partial charge is 0.497 e. The van der Waals surface area contributed by atoms with E-state index in [1.807, 2.05) is 43.3 Å². The number of nitrogens with one attached hydrogen (secondary N) is 1. The summed E-state index contributed by atoms with van der Waals surface area (Å²) in [5.74, 6) is 0.0519. The monoisotopic (exact) mass is 473 g/mol. The number of aromatic nitrogens is 4. The minimum Gasteiger partial charge on any atom is -0.497 e. The molecule has 2 heterocycles. The average molecular weight is 474 g/mol. The number of carbonyl (C=O) groups is 1. The van der Waals surface area contributed by atoms with Crippen LogP contribution in [0, 0.1) is 6.92 Å². The number of halogens is 1. The van der Waals surface area contributed by atoms with Crippen molar-refractivity contribution in [2.75, 3.05) is 12.4 Å². The summed E-state index contributed by atoms with van der Waals surface area (Å²) < 4.78 is 8.19. The fraction of sp³-hybridized carbons (Fsp3) is 0.120. The molecule has 170 valence electrons. The molecule has 8 nitrogen and oxygen atoms in total. The molecule has 1 N–H and O–H groups in total. The van der Waals surface area contributed by atoms with Crippen molar-refractivity contribution in [3.05, 3.63) is 99.1 Å². The Morgan fingerprint density at radius 2 is 1.85 bits per heavy atom. The highest BCUT2D eigenvalue weighted by Crippen LogP contribution is 2.19. The zero-order valence-corrected chi connectivity index (χ0v) is 19.2. The number of methoxy groups -OCH3 is 1. The first-order valence-corrected chi connectivity index (χ1v) is 10.9. The quantitative estimate of drug-likeness (QED) is 0.410. The molecule has 9 heteroatoms. The van der Waals surface area contributed by atoms with Crippen LogP contribution in [0.2, 0.25) is 5.02 Å². The van der Waals surface area contributed by atoms with Gasteiger partial charge in [0.25, 0.3) is 11.5 Å². The van der Waals surface area contributed by atoms with Gasteiger partial charge < -0.3 is 10.1 Å². The Labute approximate surface area is 199 Å². The Hall–Kier alpha value is -4.17. The Morgan fingerprint density at radius 1 is 1.06 bits per heavy atom. The number of carbonyl (C=O) groups excluding carboxylic acids is 1. The lowest BCUT2D eigenvalue weighted by molar-refractivity contribution is 0.101. The highest BCUT2D eigenvalue weighted by atomic mass is 35.5. The van der Waals surface area contributed by atoms with Crippen molar-refractivity contribution < 1.29 is 9.53 Å². The SMILES string of the molecule is COc1ccc(NC(=O)c2nc3c(=O)n(Cc4cccc(Cl)c4)c4cc(C)ccc4n3n2)cc1. The maximum absolute atomic E-state index is 13.5. The molecule has 0 atom stereocenters. The predicted molar refractivity (Wildman–Crippen MR) is 131 cm³/mol. The standard InChI is InChI=1S/C25H20ClN5O3/c1-15-6-11-20-21(12-15)30(14-16-4-3-5-17(26)13-16)25(33)23-28-22(29-31(20)23)24(32)27-18-7-9-19(34-2)10-8-18/h3-13H,14H2,1-2H3,(H,27,32). The number of hydrogen-bond acceptors (Lipinski definition) is 5. The highest BCUT2D eigenvalue weighted by Gasteiger charge is 2.19. The van der Waals surface area contributed by atoms with Crippen molar-refractivity contribution in [1.82, 2.24) is 19.2 Å². The number of benzene rings is 3. The zero-order chi connectivity index (χ0) is 23.8. The average Bonchev–Trinajstić information content (AvgIpc) is 3.28. The van der Waals surface area contributed by atoms with Crippen molar-refractivity contribution in [1.29, 1.82) is 0 Å². The van der Waals surface area contributed by atoms with Crippen LogP contribution in [0.15, 0.2) is 71.5 Å². The molecular formula is C25H20ClN5O3. The maximum Gasteiger partial charge on any atom is 0.296 e. The van der Waals surface area contributed by atoms with E-state index in [1.165, 1.54) is 4.52 Å². The lowest BCUT2D eigenvalue weighted by atomic mass is 10.2. The minimum absolute atomic E-state index is 0.0678. The fourth-order valence-corrected chi connectivity index (χ4v) is 4.02. The topological polar surface area (TPSA) is 90.5 Å². The van der Waals surface area contributed by atoms with Gasteiger partial charge in [0.2, 0.25) is 11.5 Å². The van der Waals surface area contributed by atoms with Crippen LogP contribution in [-0.2, 0) is 6.54 Å². The molecule has 3 aromatic carbocycles. The molecule has 0 spiro atoms. The summed E-state index contributed by atoms with van der Waals surface area (Å²) in [7, 11) is 1.57. The predicted octanol–water partition coefficient (Wildman–Crippen LogP) is 4.32. The van der Waals surface area contributed by atoms with Gasteiger partial charge in [-0.15, -0.1) is 5.10 Å². The lowest BCUT2D eigenvalue weighted by Crippen LogP contribution is -2.24. The summed E-state index contributed by atoms with van der Waals surface area (Å²) in [6, 6.07) is 19.9. The highest BCUT2D eigenvalue weighted by molar-refractivity contribution is 6.30. The van der Waals surface area contributed by atoms with Crippen molar-refractivity contribution in [2.45, 2.75) is 13.5 Å². The van der Waals surface area contributed by atoms with E-state index in [0.29, 0.717) is 34.0 Å². The summed E-state index contributed by atoms with van der Waals surface area (Å²) in [5.41, 5.74) is 3.49. The molecule has 5 rings (SSSR count). The Morgan fingerprint density at radius 3 is 2.59 bits per heavy atom. The van der Waals surface area contributed by atoms with E-state index < -0.39 is 5.91 Å². The summed E-state index contributed by atoms with van der Waals surface area (Å²) in [4.78, 5) is 30.6. The van der Waals surface area contributed by atoms with E-state index in [1.54, 1.807) is 42.0 Å². The van der Waals surface area contributed by atoms with Crippen LogP contribution in [0.25, 0.3) is 16.7 Å². The normalized spacial score (nSPS) is 11.1. The van der Waals surface area contributed by atoms with E-state index in [4.69, 9.17) is 16.3 Å². The zero-order valence-electron chi connectivity index (χ0n) is 18.4. The van der Waals surface area contributed by atoms with Gasteiger partial charge in [0, 0.05) is 10.7 Å². The Balaban J connectivity index is 1.61. The molecule has 0 radical (unpaired) electrons. The molecule has 0 unspecified atom stereocenters. The Kier molecular flexibility index (Phi) is 5.51. The summed E-state index contributed by atoms with van der Waals surface area (Å²) >= 11 is 6.15. The fourth-order valence-electron chi connectivity index (χ4n) is 3.81. The van der Waals surface area contributed by atoms with E-state index in [0.717, 1.165) is 11.1 Å². The second-order valence-electron chi connectivity index (χ2n) is 7.87. The number of amides is 1. The van der Waals surface area contributed by atoms with Crippen molar-refractivity contribution in [3.8, 4) is 5.75 Å². The van der Waals surface area contributed by atoms with Gasteiger partial charge in [0.1, 0.15) is 5.75 Å². The smallest absolute Gasteiger partial charge is 0.296 e. The number of hydrogen-bond donors (Lipinski definition) is 1. The molecule has 2 aromatic heterocycles. The van der Waals surface area contributed by atoms with Crippen LogP contribution in [0.4, 0.5) is 5.69 Å². The van der Waals surface area contributed by atoms with Gasteiger partial charge in [0.05, 0.1) is 24.7 Å². The second kappa shape index (κ2) is 8.64. The number of ether oxygens (including phenoxy) is 1. The first-order valence-electron chi connectivity index (χ1n) is 10.5. The molecule has 1 amide bonds. The molecule has 0 aliphatic rings. The molecule has 0 aliphatic heterocycles. The van der Waals surface area contributed by atoms with Crippen molar-refractivity contribution >= 4 is 39.9 Å². The van der Waals surface area contributed by atoms with E-state index in [2.05, 4.69) is 15.4 Å². The van der Waals surface area contributed by atoms with Gasteiger partial charge in [-0.1, -0.05) is 29.8 Å². The number of nitrogens with zero attached hydrogens (tertiary/aromatic N) is 4. The first-order chi connectivity index (χ1) is 16.4. The van der Waals surface area contributed by atoms with Gasteiger partial charge in [-0.05, 0) is 66.6 Å². The maximum atomic E-state index is 13.5. The third-order valence-electron chi connectivity index (χ3n) is 5.47. The van der Waals surface area contributed by atoms with Gasteiger partial charge >= 0.3 is 0 Å². The van der Waals surface area contributed by atoms with Crippen LogP contribution >= 0.6 is 11.6 Å². The Bertz CT molecular complexity index is 1610. The third kappa shape index (κ3) is 3.99. The van der Waals surface area contributed by atoms with Crippen LogP contribution < -0.4 is 15.6 Å². The van der Waals surface area contributed by atoms with Gasteiger partial charge in [-0.3, -0.25) is 14.2 Å². The molecule has 5 aromatic rings. The van der Waals surface area contributed by atoms with Crippen LogP contribution in [0.1, 0.15) is 21.7 Å². The first kappa shape index (κ1) is 21.7. The number of fused-ring (bicyclic) bond motifs is 3. The molecule has 0 saturated heterocycles. The van der Waals surface area contributed by atoms with Crippen molar-refractivity contribution in [3.63, 3.8) is 0 Å². The van der Waals surface area contributed by atoms with E-state index >= 15 is 0 Å². The number of anilines is 1. The van der Waals surface area contributed by atoms with E-state index in [9.17, 15) is 9.59 Å². The lowest BCUT2D eigenvalue weighted by Gasteiger charge is -2.12.